The van der Waals surface area contributed by atoms with Crippen LogP contribution >= 0.6 is 11.8 Å². The van der Waals surface area contributed by atoms with E-state index in [1.807, 2.05) is 11.8 Å². The molecule has 0 spiro atoms. The molecule has 0 aliphatic carbocycles. The lowest BCUT2D eigenvalue weighted by molar-refractivity contribution is 0.466. The maximum Gasteiger partial charge on any atom is 0.267 e. The molecule has 6 heteroatoms. The van der Waals surface area contributed by atoms with E-state index in [-0.39, 0.29) is 0 Å². The lowest BCUT2D eigenvalue weighted by atomic mass is 10.0. The zero-order valence-electron chi connectivity index (χ0n) is 21.1. The Hall–Kier alpha value is -1.50. The molecule has 1 N–H and O–H groups in total. The second-order valence-corrected chi connectivity index (χ2v) is 12.4. The average Bonchev–Trinajstić information content (AvgIpc) is 2.81. The molecule has 1 heterocycles. The maximum atomic E-state index is 11.7. The van der Waals surface area contributed by atoms with Crippen LogP contribution < -0.4 is 4.90 Å². The van der Waals surface area contributed by atoms with Gasteiger partial charge in [0.05, 0.1) is 16.6 Å². The normalized spacial score (nSPS) is 14.1. The molecular weight excluding hydrogens is 462 g/mol. The van der Waals surface area contributed by atoms with Crippen molar-refractivity contribution in [2.24, 2.45) is 0 Å². The smallest absolute Gasteiger partial charge is 0.267 e. The second-order valence-electron chi connectivity index (χ2n) is 9.52. The van der Waals surface area contributed by atoms with Crippen LogP contribution in [0.15, 0.2) is 46.2 Å². The lowest BCUT2D eigenvalue weighted by Gasteiger charge is -2.35. The zero-order valence-corrected chi connectivity index (χ0v) is 22.7. The summed E-state index contributed by atoms with van der Waals surface area (Å²) < 4.78 is 32.9. The van der Waals surface area contributed by atoms with Crippen molar-refractivity contribution in [1.82, 2.24) is 0 Å². The summed E-state index contributed by atoms with van der Waals surface area (Å²) in [7, 11) is -4.04. The Balaban J connectivity index is 1.94. The van der Waals surface area contributed by atoms with E-state index in [9.17, 15) is 13.0 Å². The molecule has 0 saturated carbocycles. The standard InChI is InChI=1S/C28H41NO3S2/c1-4-6-8-10-14-23-16-12-18-25-27(23)33-28-24(15-11-9-7-5-2)17-13-19-26(28)29(25)21-20-22(3)34(30,31)32/h12-13,16-19,22H,4-11,14-15,20-21H2,1-3H3,(H,30,31,32). The molecule has 3 rings (SSSR count). The SMILES string of the molecule is CCCCCCc1cccc2c1Sc1c(CCCCCC)cccc1N2CCC(C)S(=O)(=O)O. The molecule has 0 radical (unpaired) electrons. The molecule has 1 aliphatic heterocycles. The second kappa shape index (κ2) is 13.0. The van der Waals surface area contributed by atoms with Gasteiger partial charge >= 0.3 is 0 Å². The minimum Gasteiger partial charge on any atom is -0.340 e. The van der Waals surface area contributed by atoms with Crippen molar-refractivity contribution in [3.8, 4) is 0 Å². The van der Waals surface area contributed by atoms with Crippen LogP contribution in [0.5, 0.6) is 0 Å². The summed E-state index contributed by atoms with van der Waals surface area (Å²) in [5.41, 5.74) is 5.10. The topological polar surface area (TPSA) is 57.6 Å². The Morgan fingerprint density at radius 1 is 0.824 bits per heavy atom. The largest absolute Gasteiger partial charge is 0.340 e. The van der Waals surface area contributed by atoms with Crippen molar-refractivity contribution in [2.75, 3.05) is 11.4 Å². The average molecular weight is 504 g/mol. The van der Waals surface area contributed by atoms with E-state index in [2.05, 4.69) is 55.1 Å². The fourth-order valence-corrected chi connectivity index (χ4v) is 6.39. The first kappa shape index (κ1) is 27.1. The van der Waals surface area contributed by atoms with Crippen LogP contribution in [0.25, 0.3) is 0 Å². The fourth-order valence-electron chi connectivity index (χ4n) is 4.61. The number of rotatable bonds is 14. The molecular formula is C28H41NO3S2. The van der Waals surface area contributed by atoms with Crippen LogP contribution in [-0.4, -0.2) is 24.8 Å². The number of nitrogens with zero attached hydrogens (tertiary/aromatic N) is 1. The van der Waals surface area contributed by atoms with Gasteiger partial charge in [-0.25, -0.2) is 0 Å². The molecule has 34 heavy (non-hydrogen) atoms. The number of unbranched alkanes of at least 4 members (excludes halogenated alkanes) is 6. The monoisotopic (exact) mass is 503 g/mol. The van der Waals surface area contributed by atoms with Gasteiger partial charge in [0.25, 0.3) is 10.1 Å². The van der Waals surface area contributed by atoms with Crippen molar-refractivity contribution < 1.29 is 13.0 Å². The third-order valence-corrected chi connectivity index (χ3v) is 9.41. The Morgan fingerprint density at radius 2 is 1.32 bits per heavy atom. The molecule has 0 aromatic heterocycles. The van der Waals surface area contributed by atoms with Crippen molar-refractivity contribution in [3.63, 3.8) is 0 Å². The molecule has 2 aromatic carbocycles. The highest BCUT2D eigenvalue weighted by atomic mass is 32.2. The minimum absolute atomic E-state index is 0.379. The van der Waals surface area contributed by atoms with Crippen LogP contribution in [0.3, 0.4) is 0 Å². The molecule has 2 aromatic rings. The van der Waals surface area contributed by atoms with E-state index in [0.29, 0.717) is 13.0 Å². The van der Waals surface area contributed by atoms with Gasteiger partial charge in [-0.05, 0) is 62.3 Å². The van der Waals surface area contributed by atoms with E-state index in [0.717, 1.165) is 24.2 Å². The molecule has 1 unspecified atom stereocenters. The number of aryl methyl sites for hydroxylation is 2. The van der Waals surface area contributed by atoms with E-state index in [1.54, 1.807) is 6.92 Å². The number of benzene rings is 2. The number of anilines is 2. The molecule has 0 amide bonds. The van der Waals surface area contributed by atoms with Crippen molar-refractivity contribution in [3.05, 3.63) is 47.5 Å². The van der Waals surface area contributed by atoms with Gasteiger partial charge in [-0.2, -0.15) is 8.42 Å². The van der Waals surface area contributed by atoms with Gasteiger partial charge in [0.2, 0.25) is 0 Å². The molecule has 1 aliphatic rings. The summed E-state index contributed by atoms with van der Waals surface area (Å²) in [5, 5.41) is -0.788. The van der Waals surface area contributed by atoms with Gasteiger partial charge in [-0.15, -0.1) is 0 Å². The molecule has 0 fully saturated rings. The summed E-state index contributed by atoms with van der Waals surface area (Å²) in [4.78, 5) is 4.91. The highest BCUT2D eigenvalue weighted by molar-refractivity contribution is 7.99. The van der Waals surface area contributed by atoms with Crippen LogP contribution in [0.2, 0.25) is 0 Å². The van der Waals surface area contributed by atoms with Gasteiger partial charge in [0, 0.05) is 16.3 Å². The first-order chi connectivity index (χ1) is 16.4. The Labute approximate surface area is 211 Å². The highest BCUT2D eigenvalue weighted by Crippen LogP contribution is 2.51. The molecule has 188 valence electrons. The first-order valence-electron chi connectivity index (χ1n) is 13.0. The molecule has 4 nitrogen and oxygen atoms in total. The quantitative estimate of drug-likeness (QED) is 0.208. The van der Waals surface area contributed by atoms with Crippen molar-refractivity contribution in [1.29, 1.82) is 0 Å². The highest BCUT2D eigenvalue weighted by Gasteiger charge is 2.28. The Kier molecular flexibility index (Phi) is 10.3. The number of hydrogen-bond acceptors (Lipinski definition) is 4. The predicted molar refractivity (Wildman–Crippen MR) is 145 cm³/mol. The van der Waals surface area contributed by atoms with Crippen LogP contribution in [-0.2, 0) is 23.0 Å². The van der Waals surface area contributed by atoms with Gasteiger partial charge in [0.1, 0.15) is 0 Å². The van der Waals surface area contributed by atoms with Crippen molar-refractivity contribution in [2.45, 2.75) is 106 Å². The maximum absolute atomic E-state index is 11.7. The van der Waals surface area contributed by atoms with E-state index in [4.69, 9.17) is 0 Å². The lowest BCUT2D eigenvalue weighted by Crippen LogP contribution is -2.28. The summed E-state index contributed by atoms with van der Waals surface area (Å²) in [6.45, 7) is 6.62. The van der Waals surface area contributed by atoms with Gasteiger partial charge < -0.3 is 4.90 Å². The third-order valence-electron chi connectivity index (χ3n) is 6.80. The van der Waals surface area contributed by atoms with Crippen LogP contribution in [0, 0.1) is 0 Å². The van der Waals surface area contributed by atoms with Gasteiger partial charge in [-0.3, -0.25) is 4.55 Å². The number of fused-ring (bicyclic) bond motifs is 2. The predicted octanol–water partition coefficient (Wildman–Crippen LogP) is 8.20. The Bertz CT molecular complexity index is 974. The van der Waals surface area contributed by atoms with Gasteiger partial charge in [-0.1, -0.05) is 88.4 Å². The fraction of sp³-hybridized carbons (Fsp3) is 0.571. The molecule has 1 atom stereocenters. The minimum atomic E-state index is -4.04. The van der Waals surface area contributed by atoms with Crippen LogP contribution in [0.4, 0.5) is 11.4 Å². The van der Waals surface area contributed by atoms with E-state index in [1.165, 1.54) is 72.3 Å². The summed E-state index contributed by atoms with van der Waals surface area (Å²) >= 11 is 1.90. The third kappa shape index (κ3) is 7.02. The molecule has 0 bridgehead atoms. The van der Waals surface area contributed by atoms with E-state index < -0.39 is 15.4 Å². The zero-order chi connectivity index (χ0) is 24.6. The Morgan fingerprint density at radius 3 is 1.76 bits per heavy atom. The number of hydrogen-bond donors (Lipinski definition) is 1. The van der Waals surface area contributed by atoms with E-state index >= 15 is 0 Å². The summed E-state index contributed by atoms with van der Waals surface area (Å²) in [6, 6.07) is 13.1. The van der Waals surface area contributed by atoms with Crippen molar-refractivity contribution >= 4 is 33.3 Å². The van der Waals surface area contributed by atoms with Gasteiger partial charge in [0.15, 0.2) is 0 Å². The molecule has 0 saturated heterocycles. The summed E-state index contributed by atoms with van der Waals surface area (Å²) in [6.07, 6.45) is 12.4. The van der Waals surface area contributed by atoms with Crippen LogP contribution in [0.1, 0.15) is 89.7 Å². The first-order valence-corrected chi connectivity index (χ1v) is 15.3. The summed E-state index contributed by atoms with van der Waals surface area (Å²) in [5.74, 6) is 0.